The number of nitrogen functional groups attached to an aromatic ring is 1. The lowest BCUT2D eigenvalue weighted by atomic mass is 10.3. The number of nitrogens with zero attached hydrogens (tertiary/aromatic N) is 1. The summed E-state index contributed by atoms with van der Waals surface area (Å²) < 4.78 is 16.4. The zero-order valence-electron chi connectivity index (χ0n) is 11.6. The van der Waals surface area contributed by atoms with E-state index in [1.54, 1.807) is 37.6 Å². The summed E-state index contributed by atoms with van der Waals surface area (Å²) in [5.41, 5.74) is 6.36. The lowest BCUT2D eigenvalue weighted by molar-refractivity contribution is 0.298. The molecule has 20 heavy (non-hydrogen) atoms. The highest BCUT2D eigenvalue weighted by molar-refractivity contribution is 5.56. The summed E-state index contributed by atoms with van der Waals surface area (Å²) in [6.07, 6.45) is 2.57. The minimum absolute atomic E-state index is 0.422. The number of rotatable bonds is 6. The second-order valence-corrected chi connectivity index (χ2v) is 4.16. The Labute approximate surface area is 118 Å². The first-order chi connectivity index (χ1) is 9.74. The van der Waals surface area contributed by atoms with E-state index in [0.29, 0.717) is 35.4 Å². The van der Waals surface area contributed by atoms with Crippen LogP contribution in [0.15, 0.2) is 36.5 Å². The second kappa shape index (κ2) is 6.65. The van der Waals surface area contributed by atoms with Crippen LogP contribution in [-0.2, 0) is 0 Å². The van der Waals surface area contributed by atoms with Crippen molar-refractivity contribution in [1.29, 1.82) is 0 Å². The molecular weight excluding hydrogens is 256 g/mol. The molecule has 5 heteroatoms. The predicted molar refractivity (Wildman–Crippen MR) is 77.5 cm³/mol. The summed E-state index contributed by atoms with van der Waals surface area (Å²) >= 11 is 0. The molecule has 1 aromatic heterocycles. The van der Waals surface area contributed by atoms with E-state index in [1.807, 2.05) is 13.0 Å². The van der Waals surface area contributed by atoms with E-state index in [9.17, 15) is 0 Å². The fourth-order valence-electron chi connectivity index (χ4n) is 1.66. The van der Waals surface area contributed by atoms with Gasteiger partial charge in [-0.05, 0) is 30.7 Å². The van der Waals surface area contributed by atoms with E-state index in [0.717, 1.165) is 6.42 Å². The number of hydrogen-bond acceptors (Lipinski definition) is 5. The number of aromatic nitrogens is 1. The van der Waals surface area contributed by atoms with Gasteiger partial charge >= 0.3 is 0 Å². The van der Waals surface area contributed by atoms with Crippen LogP contribution < -0.4 is 19.9 Å². The molecule has 0 radical (unpaired) electrons. The van der Waals surface area contributed by atoms with Crippen LogP contribution in [0.25, 0.3) is 0 Å². The summed E-state index contributed by atoms with van der Waals surface area (Å²) in [4.78, 5) is 4.18. The molecular formula is C15H18N2O3. The van der Waals surface area contributed by atoms with Gasteiger partial charge in [0.1, 0.15) is 11.5 Å². The highest BCUT2D eigenvalue weighted by atomic mass is 16.5. The molecule has 0 fully saturated rings. The van der Waals surface area contributed by atoms with Crippen LogP contribution >= 0.6 is 0 Å². The molecule has 0 saturated carbocycles. The molecule has 0 amide bonds. The zero-order valence-corrected chi connectivity index (χ0v) is 11.6. The minimum atomic E-state index is 0.422. The normalized spacial score (nSPS) is 10.1. The number of anilines is 1. The van der Waals surface area contributed by atoms with Crippen molar-refractivity contribution < 1.29 is 14.2 Å². The van der Waals surface area contributed by atoms with Crippen LogP contribution in [0.2, 0.25) is 0 Å². The summed E-state index contributed by atoms with van der Waals surface area (Å²) in [5, 5.41) is 0. The Morgan fingerprint density at radius 3 is 2.75 bits per heavy atom. The van der Waals surface area contributed by atoms with Crippen molar-refractivity contribution in [3.63, 3.8) is 0 Å². The van der Waals surface area contributed by atoms with Crippen molar-refractivity contribution in [2.45, 2.75) is 13.3 Å². The van der Waals surface area contributed by atoms with Gasteiger partial charge < -0.3 is 19.9 Å². The van der Waals surface area contributed by atoms with E-state index in [1.165, 1.54) is 0 Å². The minimum Gasteiger partial charge on any atom is -0.495 e. The van der Waals surface area contributed by atoms with E-state index in [4.69, 9.17) is 19.9 Å². The SMILES string of the molecule is CCCOc1cccnc1Oc1ccc(OC)c(N)c1. The molecule has 1 heterocycles. The summed E-state index contributed by atoms with van der Waals surface area (Å²) in [6, 6.07) is 8.84. The van der Waals surface area contributed by atoms with Crippen molar-refractivity contribution in [3.8, 4) is 23.1 Å². The molecule has 1 aromatic carbocycles. The standard InChI is InChI=1S/C15H18N2O3/c1-3-9-19-14-5-4-8-17-15(14)20-11-6-7-13(18-2)12(16)10-11/h4-8,10H,3,9,16H2,1-2H3. The molecule has 0 aliphatic heterocycles. The Balaban J connectivity index is 2.19. The average molecular weight is 274 g/mol. The second-order valence-electron chi connectivity index (χ2n) is 4.16. The van der Waals surface area contributed by atoms with Crippen molar-refractivity contribution in [3.05, 3.63) is 36.5 Å². The number of nitrogens with two attached hydrogens (primary N) is 1. The Bertz CT molecular complexity index is 573. The van der Waals surface area contributed by atoms with E-state index < -0.39 is 0 Å². The third kappa shape index (κ3) is 3.32. The van der Waals surface area contributed by atoms with E-state index in [2.05, 4.69) is 4.98 Å². The summed E-state index contributed by atoms with van der Waals surface area (Å²) in [7, 11) is 1.57. The lowest BCUT2D eigenvalue weighted by Gasteiger charge is -2.11. The van der Waals surface area contributed by atoms with Gasteiger partial charge in [-0.2, -0.15) is 0 Å². The molecule has 5 nitrogen and oxygen atoms in total. The average Bonchev–Trinajstić information content (AvgIpc) is 2.46. The highest BCUT2D eigenvalue weighted by Crippen LogP contribution is 2.32. The third-order valence-corrected chi connectivity index (χ3v) is 2.61. The fourth-order valence-corrected chi connectivity index (χ4v) is 1.66. The smallest absolute Gasteiger partial charge is 0.262 e. The molecule has 2 rings (SSSR count). The van der Waals surface area contributed by atoms with Gasteiger partial charge in [0.15, 0.2) is 5.75 Å². The Hall–Kier alpha value is -2.43. The first-order valence-corrected chi connectivity index (χ1v) is 6.43. The van der Waals surface area contributed by atoms with E-state index >= 15 is 0 Å². The molecule has 0 saturated heterocycles. The maximum Gasteiger partial charge on any atom is 0.262 e. The quantitative estimate of drug-likeness (QED) is 0.819. The maximum absolute atomic E-state index is 5.85. The Kier molecular flexibility index (Phi) is 4.65. The molecule has 2 N–H and O–H groups in total. The van der Waals surface area contributed by atoms with Crippen LogP contribution in [0, 0.1) is 0 Å². The number of ether oxygens (including phenoxy) is 3. The highest BCUT2D eigenvalue weighted by Gasteiger charge is 2.08. The van der Waals surface area contributed by atoms with Gasteiger partial charge in [0, 0.05) is 12.3 Å². The number of hydrogen-bond donors (Lipinski definition) is 1. The first-order valence-electron chi connectivity index (χ1n) is 6.43. The molecule has 0 spiro atoms. The van der Waals surface area contributed by atoms with Crippen molar-refractivity contribution >= 4 is 5.69 Å². The largest absolute Gasteiger partial charge is 0.495 e. The fraction of sp³-hybridized carbons (Fsp3) is 0.267. The van der Waals surface area contributed by atoms with Gasteiger partial charge in [-0.3, -0.25) is 0 Å². The number of methoxy groups -OCH3 is 1. The number of pyridine rings is 1. The van der Waals surface area contributed by atoms with Gasteiger partial charge in [0.2, 0.25) is 0 Å². The van der Waals surface area contributed by atoms with E-state index in [-0.39, 0.29) is 0 Å². The van der Waals surface area contributed by atoms with Crippen LogP contribution in [-0.4, -0.2) is 18.7 Å². The van der Waals surface area contributed by atoms with Crippen LogP contribution in [0.4, 0.5) is 5.69 Å². The molecule has 0 unspecified atom stereocenters. The molecule has 106 valence electrons. The molecule has 0 aliphatic carbocycles. The van der Waals surface area contributed by atoms with Crippen LogP contribution in [0.3, 0.4) is 0 Å². The summed E-state index contributed by atoms with van der Waals surface area (Å²) in [6.45, 7) is 2.66. The van der Waals surface area contributed by atoms with Crippen LogP contribution in [0.5, 0.6) is 23.1 Å². The molecule has 0 aliphatic rings. The molecule has 0 bridgehead atoms. The zero-order chi connectivity index (χ0) is 14.4. The maximum atomic E-state index is 5.85. The first kappa shape index (κ1) is 14.0. The van der Waals surface area contributed by atoms with Gasteiger partial charge in [0.05, 0.1) is 19.4 Å². The van der Waals surface area contributed by atoms with Crippen molar-refractivity contribution in [2.75, 3.05) is 19.5 Å². The monoisotopic (exact) mass is 274 g/mol. The topological polar surface area (TPSA) is 66.6 Å². The molecule has 0 atom stereocenters. The molecule has 2 aromatic rings. The van der Waals surface area contributed by atoms with Gasteiger partial charge in [0.25, 0.3) is 5.88 Å². The van der Waals surface area contributed by atoms with Crippen molar-refractivity contribution in [2.24, 2.45) is 0 Å². The Morgan fingerprint density at radius 2 is 2.05 bits per heavy atom. The summed E-state index contributed by atoms with van der Waals surface area (Å²) in [5.74, 6) is 2.23. The van der Waals surface area contributed by atoms with Gasteiger partial charge in [-0.1, -0.05) is 6.92 Å². The van der Waals surface area contributed by atoms with Gasteiger partial charge in [-0.15, -0.1) is 0 Å². The van der Waals surface area contributed by atoms with Crippen LogP contribution in [0.1, 0.15) is 13.3 Å². The number of benzene rings is 1. The van der Waals surface area contributed by atoms with Gasteiger partial charge in [-0.25, -0.2) is 4.98 Å². The Morgan fingerprint density at radius 1 is 1.20 bits per heavy atom. The lowest BCUT2D eigenvalue weighted by Crippen LogP contribution is -1.99. The van der Waals surface area contributed by atoms with Crippen molar-refractivity contribution in [1.82, 2.24) is 4.98 Å². The predicted octanol–water partition coefficient (Wildman–Crippen LogP) is 3.25. The third-order valence-electron chi connectivity index (χ3n) is 2.61.